The molecule has 0 radical (unpaired) electrons. The summed E-state index contributed by atoms with van der Waals surface area (Å²) >= 11 is 5.73. The van der Waals surface area contributed by atoms with Crippen molar-refractivity contribution < 1.29 is 13.2 Å². The molecule has 0 aromatic carbocycles. The van der Waals surface area contributed by atoms with E-state index in [4.69, 9.17) is 16.3 Å². The first-order valence-electron chi connectivity index (χ1n) is 5.93. The molecule has 19 heavy (non-hydrogen) atoms. The molecule has 1 N–H and O–H groups in total. The fourth-order valence-corrected chi connectivity index (χ4v) is 3.47. The summed E-state index contributed by atoms with van der Waals surface area (Å²) in [6.45, 7) is 4.33. The zero-order valence-electron chi connectivity index (χ0n) is 10.7. The number of halogens is 1. The number of pyridine rings is 1. The SMILES string of the molecule is CC1CN(S(=O)(=O)Nc2cccc(Cl)n2)CC(C)O1. The van der Waals surface area contributed by atoms with E-state index in [1.807, 2.05) is 13.8 Å². The van der Waals surface area contributed by atoms with Crippen molar-refractivity contribution in [2.75, 3.05) is 17.8 Å². The summed E-state index contributed by atoms with van der Waals surface area (Å²) in [7, 11) is -3.64. The maximum atomic E-state index is 12.2. The first-order valence-corrected chi connectivity index (χ1v) is 7.74. The molecular weight excluding hydrogens is 290 g/mol. The highest BCUT2D eigenvalue weighted by atomic mass is 35.5. The quantitative estimate of drug-likeness (QED) is 0.859. The number of nitrogens with one attached hydrogen (secondary N) is 1. The molecule has 1 aromatic rings. The van der Waals surface area contributed by atoms with Gasteiger partial charge in [-0.25, -0.2) is 4.98 Å². The first kappa shape index (κ1) is 14.5. The minimum absolute atomic E-state index is 0.132. The Morgan fingerprint density at radius 1 is 1.37 bits per heavy atom. The van der Waals surface area contributed by atoms with E-state index in [-0.39, 0.29) is 23.2 Å². The molecule has 1 saturated heterocycles. The smallest absolute Gasteiger partial charge is 0.302 e. The maximum Gasteiger partial charge on any atom is 0.302 e. The van der Waals surface area contributed by atoms with Crippen LogP contribution in [-0.2, 0) is 14.9 Å². The molecule has 0 aliphatic carbocycles. The van der Waals surface area contributed by atoms with Gasteiger partial charge in [0.25, 0.3) is 0 Å². The highest BCUT2D eigenvalue weighted by Crippen LogP contribution is 2.17. The average Bonchev–Trinajstić information content (AvgIpc) is 2.26. The number of rotatable bonds is 3. The Balaban J connectivity index is 2.14. The van der Waals surface area contributed by atoms with Crippen molar-refractivity contribution in [3.05, 3.63) is 23.4 Å². The Bertz CT molecular complexity index is 542. The molecular formula is C11H16ClN3O3S. The molecule has 2 atom stereocenters. The Hall–Kier alpha value is -0.890. The van der Waals surface area contributed by atoms with Gasteiger partial charge in [-0.3, -0.25) is 4.72 Å². The first-order chi connectivity index (χ1) is 8.87. The van der Waals surface area contributed by atoms with Crippen molar-refractivity contribution in [1.82, 2.24) is 9.29 Å². The van der Waals surface area contributed by atoms with Crippen LogP contribution in [0, 0.1) is 0 Å². The molecule has 2 heterocycles. The molecule has 0 bridgehead atoms. The van der Waals surface area contributed by atoms with Gasteiger partial charge >= 0.3 is 10.2 Å². The van der Waals surface area contributed by atoms with Gasteiger partial charge in [-0.15, -0.1) is 0 Å². The minimum atomic E-state index is -3.64. The van der Waals surface area contributed by atoms with Crippen molar-refractivity contribution in [2.24, 2.45) is 0 Å². The maximum absolute atomic E-state index is 12.2. The standard InChI is InChI=1S/C11H16ClN3O3S/c1-8-6-15(7-9(2)18-8)19(16,17)14-11-5-3-4-10(12)13-11/h3-5,8-9H,6-7H2,1-2H3,(H,13,14). The van der Waals surface area contributed by atoms with Crippen LogP contribution in [0.1, 0.15) is 13.8 Å². The highest BCUT2D eigenvalue weighted by Gasteiger charge is 2.31. The fraction of sp³-hybridized carbons (Fsp3) is 0.545. The number of aromatic nitrogens is 1. The van der Waals surface area contributed by atoms with Crippen molar-refractivity contribution >= 4 is 27.6 Å². The lowest BCUT2D eigenvalue weighted by Crippen LogP contribution is -2.50. The third kappa shape index (κ3) is 3.79. The lowest BCUT2D eigenvalue weighted by atomic mass is 10.3. The summed E-state index contributed by atoms with van der Waals surface area (Å²) < 4.78 is 33.7. The topological polar surface area (TPSA) is 71.5 Å². The van der Waals surface area contributed by atoms with Crippen LogP contribution in [0.25, 0.3) is 0 Å². The molecule has 2 unspecified atom stereocenters. The van der Waals surface area contributed by atoms with Crippen LogP contribution >= 0.6 is 11.6 Å². The third-order valence-corrected chi connectivity index (χ3v) is 4.33. The van der Waals surface area contributed by atoms with Crippen molar-refractivity contribution in [1.29, 1.82) is 0 Å². The Morgan fingerprint density at radius 2 is 2.00 bits per heavy atom. The molecule has 2 rings (SSSR count). The van der Waals surface area contributed by atoms with E-state index < -0.39 is 10.2 Å². The summed E-state index contributed by atoms with van der Waals surface area (Å²) in [5, 5.41) is 0.240. The summed E-state index contributed by atoms with van der Waals surface area (Å²) in [5.74, 6) is 0.208. The molecule has 1 aromatic heterocycles. The Morgan fingerprint density at radius 3 is 2.58 bits per heavy atom. The van der Waals surface area contributed by atoms with Crippen LogP contribution in [-0.4, -0.2) is 43.0 Å². The van der Waals surface area contributed by atoms with E-state index in [0.717, 1.165) is 0 Å². The van der Waals surface area contributed by atoms with Crippen molar-refractivity contribution in [3.63, 3.8) is 0 Å². The molecule has 0 spiro atoms. The highest BCUT2D eigenvalue weighted by molar-refractivity contribution is 7.90. The second-order valence-corrected chi connectivity index (χ2v) is 6.58. The van der Waals surface area contributed by atoms with E-state index in [0.29, 0.717) is 13.1 Å². The molecule has 8 heteroatoms. The van der Waals surface area contributed by atoms with Crippen LogP contribution in [0.2, 0.25) is 5.15 Å². The lowest BCUT2D eigenvalue weighted by Gasteiger charge is -2.34. The van der Waals surface area contributed by atoms with Gasteiger partial charge in [0.2, 0.25) is 0 Å². The van der Waals surface area contributed by atoms with Crippen LogP contribution in [0.15, 0.2) is 18.2 Å². The van der Waals surface area contributed by atoms with Gasteiger partial charge in [0.1, 0.15) is 11.0 Å². The molecule has 0 saturated carbocycles. The van der Waals surface area contributed by atoms with Crippen molar-refractivity contribution in [3.8, 4) is 0 Å². The average molecular weight is 306 g/mol. The van der Waals surface area contributed by atoms with Crippen LogP contribution < -0.4 is 4.72 Å². The third-order valence-electron chi connectivity index (χ3n) is 2.67. The number of hydrogen-bond acceptors (Lipinski definition) is 4. The molecule has 1 aliphatic heterocycles. The van der Waals surface area contributed by atoms with E-state index in [1.54, 1.807) is 18.2 Å². The molecule has 106 valence electrons. The number of anilines is 1. The van der Waals surface area contributed by atoms with Crippen LogP contribution in [0.3, 0.4) is 0 Å². The number of morpholine rings is 1. The summed E-state index contributed by atoms with van der Waals surface area (Å²) in [6.07, 6.45) is -0.264. The fourth-order valence-electron chi connectivity index (χ4n) is 1.99. The van der Waals surface area contributed by atoms with Gasteiger partial charge in [0, 0.05) is 13.1 Å². The van der Waals surface area contributed by atoms with Gasteiger partial charge in [0.15, 0.2) is 0 Å². The molecule has 1 fully saturated rings. The monoisotopic (exact) mass is 305 g/mol. The van der Waals surface area contributed by atoms with E-state index in [1.165, 1.54) is 4.31 Å². The summed E-state index contributed by atoms with van der Waals surface area (Å²) in [4.78, 5) is 3.91. The second-order valence-electron chi connectivity index (χ2n) is 4.53. The number of nitrogens with zero attached hydrogens (tertiary/aromatic N) is 2. The number of hydrogen-bond donors (Lipinski definition) is 1. The zero-order valence-corrected chi connectivity index (χ0v) is 12.3. The summed E-state index contributed by atoms with van der Waals surface area (Å²) in [6, 6.07) is 4.77. The predicted molar refractivity (Wildman–Crippen MR) is 73.4 cm³/mol. The normalized spacial score (nSPS) is 25.2. The van der Waals surface area contributed by atoms with E-state index >= 15 is 0 Å². The van der Waals surface area contributed by atoms with Crippen molar-refractivity contribution in [2.45, 2.75) is 26.1 Å². The molecule has 0 amide bonds. The largest absolute Gasteiger partial charge is 0.373 e. The van der Waals surface area contributed by atoms with Gasteiger partial charge in [0.05, 0.1) is 12.2 Å². The lowest BCUT2D eigenvalue weighted by molar-refractivity contribution is -0.0439. The predicted octanol–water partition coefficient (Wildman–Crippen LogP) is 1.50. The second kappa shape index (κ2) is 5.62. The van der Waals surface area contributed by atoms with Gasteiger partial charge in [-0.1, -0.05) is 17.7 Å². The Kier molecular flexibility index (Phi) is 4.29. The Labute approximate surface area is 117 Å². The van der Waals surface area contributed by atoms with Crippen LogP contribution in [0.5, 0.6) is 0 Å². The minimum Gasteiger partial charge on any atom is -0.373 e. The van der Waals surface area contributed by atoms with Gasteiger partial charge in [-0.2, -0.15) is 12.7 Å². The van der Waals surface area contributed by atoms with Gasteiger partial charge in [-0.05, 0) is 26.0 Å². The number of ether oxygens (including phenoxy) is 1. The van der Waals surface area contributed by atoms with Crippen LogP contribution in [0.4, 0.5) is 5.82 Å². The van der Waals surface area contributed by atoms with E-state index in [9.17, 15) is 8.42 Å². The zero-order chi connectivity index (χ0) is 14.0. The molecule has 6 nitrogen and oxygen atoms in total. The van der Waals surface area contributed by atoms with E-state index in [2.05, 4.69) is 9.71 Å². The molecule has 1 aliphatic rings. The summed E-state index contributed by atoms with van der Waals surface area (Å²) in [5.41, 5.74) is 0. The van der Waals surface area contributed by atoms with Gasteiger partial charge < -0.3 is 4.74 Å².